The molecule has 5 nitrogen and oxygen atoms in total. The molecule has 0 amide bonds. The molecule has 5 rings (SSSR count). The highest BCUT2D eigenvalue weighted by Gasteiger charge is 2.72. The fourth-order valence-electron chi connectivity index (χ4n) is 8.68. The van der Waals surface area contributed by atoms with Gasteiger partial charge in [-0.3, -0.25) is 9.59 Å². The lowest BCUT2D eigenvalue weighted by atomic mass is 9.46. The summed E-state index contributed by atoms with van der Waals surface area (Å²) in [6, 6.07) is 0. The first-order valence-electron chi connectivity index (χ1n) is 12.9. The minimum atomic E-state index is -1.77. The molecule has 0 aromatic rings. The van der Waals surface area contributed by atoms with Crippen LogP contribution in [0.25, 0.3) is 0 Å². The van der Waals surface area contributed by atoms with Crippen LogP contribution >= 0.6 is 0 Å². The predicted molar refractivity (Wildman–Crippen MR) is 125 cm³/mol. The average molecular weight is 457 g/mol. The van der Waals surface area contributed by atoms with Crippen LogP contribution in [0.4, 0.5) is 0 Å². The second-order valence-corrected chi connectivity index (χ2v) is 12.6. The molecule has 0 aromatic carbocycles. The molecule has 0 saturated heterocycles. The van der Waals surface area contributed by atoms with E-state index in [0.29, 0.717) is 29.7 Å². The van der Waals surface area contributed by atoms with E-state index >= 15 is 0 Å². The Kier molecular flexibility index (Phi) is 5.05. The third-order valence-corrected chi connectivity index (χ3v) is 11.2. The van der Waals surface area contributed by atoms with Gasteiger partial charge in [-0.15, -0.1) is 0 Å². The van der Waals surface area contributed by atoms with Gasteiger partial charge in [-0.1, -0.05) is 52.3 Å². The number of carbonyl (C=O) groups excluding carboxylic acids is 2. The molecule has 3 N–H and O–H groups in total. The van der Waals surface area contributed by atoms with Gasteiger partial charge in [0.15, 0.2) is 11.4 Å². The van der Waals surface area contributed by atoms with Gasteiger partial charge in [-0.2, -0.15) is 0 Å². The highest BCUT2D eigenvalue weighted by atomic mass is 16.3. The number of Topliss-reactive ketones (excluding diaryl/α,β-unsaturated/α-hetero) is 2. The molecular formula is C28H40O5. The van der Waals surface area contributed by atoms with Gasteiger partial charge < -0.3 is 15.3 Å². The van der Waals surface area contributed by atoms with Gasteiger partial charge in [0.2, 0.25) is 0 Å². The quantitative estimate of drug-likeness (QED) is 0.601. The Morgan fingerprint density at radius 1 is 1.09 bits per heavy atom. The van der Waals surface area contributed by atoms with Crippen molar-refractivity contribution in [3.63, 3.8) is 0 Å². The molecule has 0 heterocycles. The van der Waals surface area contributed by atoms with E-state index < -0.39 is 22.7 Å². The molecule has 0 aromatic heterocycles. The summed E-state index contributed by atoms with van der Waals surface area (Å²) in [4.78, 5) is 26.1. The molecule has 9 atom stereocenters. The Bertz CT molecular complexity index is 963. The predicted octanol–water partition coefficient (Wildman–Crippen LogP) is 3.75. The molecule has 9 unspecified atom stereocenters. The number of carbonyl (C=O) groups is 2. The molecule has 182 valence electrons. The topological polar surface area (TPSA) is 94.8 Å². The van der Waals surface area contributed by atoms with Crippen LogP contribution in [-0.2, 0) is 9.59 Å². The average Bonchev–Trinajstić information content (AvgIpc) is 3.23. The highest BCUT2D eigenvalue weighted by Crippen LogP contribution is 2.70. The van der Waals surface area contributed by atoms with Crippen molar-refractivity contribution >= 4 is 11.6 Å². The van der Waals surface area contributed by atoms with Crippen LogP contribution in [0, 0.1) is 40.4 Å². The zero-order valence-corrected chi connectivity index (χ0v) is 20.7. The van der Waals surface area contributed by atoms with E-state index in [2.05, 4.69) is 27.7 Å². The number of allylic oxidation sites excluding steroid dienone is 1. The Labute approximate surface area is 197 Å². The van der Waals surface area contributed by atoms with Crippen molar-refractivity contribution in [3.8, 4) is 0 Å². The van der Waals surface area contributed by atoms with Crippen LogP contribution in [0.3, 0.4) is 0 Å². The molecule has 1 spiro atoms. The van der Waals surface area contributed by atoms with Crippen molar-refractivity contribution in [1.29, 1.82) is 0 Å². The van der Waals surface area contributed by atoms with Crippen molar-refractivity contribution in [2.24, 2.45) is 40.4 Å². The Balaban J connectivity index is 1.62. The molecule has 33 heavy (non-hydrogen) atoms. The fourth-order valence-corrected chi connectivity index (χ4v) is 8.68. The Morgan fingerprint density at radius 3 is 2.45 bits per heavy atom. The second-order valence-electron chi connectivity index (χ2n) is 12.6. The zero-order valence-electron chi connectivity index (χ0n) is 20.7. The third-order valence-electron chi connectivity index (χ3n) is 11.2. The van der Waals surface area contributed by atoms with Crippen LogP contribution in [0.15, 0.2) is 23.3 Å². The van der Waals surface area contributed by atoms with Gasteiger partial charge in [-0.05, 0) is 60.8 Å². The lowest BCUT2D eigenvalue weighted by Crippen LogP contribution is -2.69. The van der Waals surface area contributed by atoms with Gasteiger partial charge >= 0.3 is 0 Å². The first-order chi connectivity index (χ1) is 15.3. The molecule has 5 aliphatic carbocycles. The van der Waals surface area contributed by atoms with E-state index in [-0.39, 0.29) is 48.1 Å². The van der Waals surface area contributed by atoms with Gasteiger partial charge in [0.05, 0.1) is 11.7 Å². The third kappa shape index (κ3) is 2.70. The first kappa shape index (κ1) is 23.4. The number of rotatable bonds is 3. The monoisotopic (exact) mass is 456 g/mol. The minimum Gasteiger partial charge on any atom is -0.393 e. The van der Waals surface area contributed by atoms with Crippen LogP contribution < -0.4 is 0 Å². The smallest absolute Gasteiger partial charge is 0.170 e. The normalized spacial score (nSPS) is 48.5. The van der Waals surface area contributed by atoms with E-state index in [1.54, 1.807) is 19.1 Å². The number of hydrogen-bond donors (Lipinski definition) is 3. The summed E-state index contributed by atoms with van der Waals surface area (Å²) < 4.78 is 0. The zero-order chi connectivity index (χ0) is 24.1. The van der Waals surface area contributed by atoms with Gasteiger partial charge in [0, 0.05) is 30.1 Å². The van der Waals surface area contributed by atoms with Gasteiger partial charge in [-0.25, -0.2) is 0 Å². The number of ketones is 2. The number of hydrogen-bond acceptors (Lipinski definition) is 5. The summed E-state index contributed by atoms with van der Waals surface area (Å²) in [5.74, 6) is 1.09. The van der Waals surface area contributed by atoms with Crippen molar-refractivity contribution in [2.45, 2.75) is 96.9 Å². The van der Waals surface area contributed by atoms with E-state index in [4.69, 9.17) is 0 Å². The molecule has 5 heteroatoms. The molecule has 3 fully saturated rings. The molecule has 3 saturated carbocycles. The number of aliphatic hydroxyl groups excluding tert-OH is 1. The van der Waals surface area contributed by atoms with E-state index in [9.17, 15) is 24.9 Å². The Hall–Kier alpha value is -1.30. The fraction of sp³-hybridized carbons (Fsp3) is 0.786. The van der Waals surface area contributed by atoms with Gasteiger partial charge in [0.1, 0.15) is 5.78 Å². The molecule has 0 radical (unpaired) electrons. The van der Waals surface area contributed by atoms with E-state index in [1.807, 2.05) is 0 Å². The standard InChI is InChI=1S/C28H40O5/c1-15(2)16(3)24(31)19-13-26-14-23(30)28(33)22(21(26)7-6-20(26)17(19)4)9-11-27(32)12-18(29)8-10-25(27,28)5/h9,11,15-17,19-20,24,31-33H,6-8,10,12-14H2,1-5H3. The van der Waals surface area contributed by atoms with Crippen molar-refractivity contribution in [1.82, 2.24) is 0 Å². The van der Waals surface area contributed by atoms with E-state index in [1.165, 1.54) is 5.57 Å². The van der Waals surface area contributed by atoms with Crippen LogP contribution in [-0.4, -0.2) is 44.2 Å². The van der Waals surface area contributed by atoms with Gasteiger partial charge in [0.25, 0.3) is 0 Å². The lowest BCUT2D eigenvalue weighted by molar-refractivity contribution is -0.190. The minimum absolute atomic E-state index is 0.0271. The van der Waals surface area contributed by atoms with E-state index in [0.717, 1.165) is 19.3 Å². The maximum atomic E-state index is 14.0. The largest absolute Gasteiger partial charge is 0.393 e. The van der Waals surface area contributed by atoms with Crippen molar-refractivity contribution in [3.05, 3.63) is 23.3 Å². The summed E-state index contributed by atoms with van der Waals surface area (Å²) in [5.41, 5.74) is -2.84. The van der Waals surface area contributed by atoms with Crippen LogP contribution in [0.2, 0.25) is 0 Å². The lowest BCUT2D eigenvalue weighted by Gasteiger charge is -2.60. The summed E-state index contributed by atoms with van der Waals surface area (Å²) >= 11 is 0. The van der Waals surface area contributed by atoms with Crippen molar-refractivity contribution in [2.75, 3.05) is 0 Å². The second kappa shape index (κ2) is 7.11. The summed E-state index contributed by atoms with van der Waals surface area (Å²) in [5, 5.41) is 34.9. The number of fused-ring (bicyclic) bond motifs is 3. The maximum absolute atomic E-state index is 14.0. The number of aliphatic hydroxyl groups is 3. The summed E-state index contributed by atoms with van der Waals surface area (Å²) in [6.45, 7) is 10.4. The maximum Gasteiger partial charge on any atom is 0.170 e. The molecular weight excluding hydrogens is 416 g/mol. The molecule has 0 aliphatic heterocycles. The summed E-state index contributed by atoms with van der Waals surface area (Å²) in [7, 11) is 0. The Morgan fingerprint density at radius 2 is 1.79 bits per heavy atom. The first-order valence-corrected chi connectivity index (χ1v) is 12.9. The molecule has 0 bridgehead atoms. The highest BCUT2D eigenvalue weighted by molar-refractivity contribution is 5.97. The van der Waals surface area contributed by atoms with Crippen molar-refractivity contribution < 1.29 is 24.9 Å². The summed E-state index contributed by atoms with van der Waals surface area (Å²) in [6.07, 6.45) is 6.43. The SMILES string of the molecule is CC(C)C(C)C(O)C1CC23CC(=O)C4(O)C(=C2CCC3C1C)C=CC1(O)CC(=O)CCC14C. The van der Waals surface area contributed by atoms with Crippen LogP contribution in [0.5, 0.6) is 0 Å². The molecule has 5 aliphatic rings. The van der Waals surface area contributed by atoms with Crippen LogP contribution in [0.1, 0.15) is 79.6 Å².